The molecule has 0 saturated carbocycles. The first-order valence-electron chi connectivity index (χ1n) is 8.41. The van der Waals surface area contributed by atoms with Crippen LogP contribution in [-0.2, 0) is 0 Å². The molecule has 0 atom stereocenters. The van der Waals surface area contributed by atoms with Crippen LogP contribution >= 0.6 is 0 Å². The molecular formula is C20H18N6. The lowest BCUT2D eigenvalue weighted by atomic mass is 10.1. The number of nitrogens with zero attached hydrogens (tertiary/aromatic N) is 6. The van der Waals surface area contributed by atoms with Crippen LogP contribution in [0.5, 0.6) is 0 Å². The summed E-state index contributed by atoms with van der Waals surface area (Å²) in [6, 6.07) is 11.7. The van der Waals surface area contributed by atoms with Gasteiger partial charge < -0.3 is 0 Å². The Bertz CT molecular complexity index is 1090. The van der Waals surface area contributed by atoms with E-state index in [0.717, 1.165) is 33.3 Å². The van der Waals surface area contributed by atoms with Crippen molar-refractivity contribution in [1.82, 2.24) is 19.9 Å². The van der Waals surface area contributed by atoms with Crippen molar-refractivity contribution in [2.45, 2.75) is 27.7 Å². The first-order chi connectivity index (χ1) is 12.5. The van der Waals surface area contributed by atoms with Crippen molar-refractivity contribution in [3.05, 3.63) is 58.9 Å². The number of hydrogen-bond acceptors (Lipinski definition) is 6. The smallest absolute Gasteiger partial charge is 0.176 e. The minimum atomic E-state index is 0.505. The summed E-state index contributed by atoms with van der Waals surface area (Å²) in [5.41, 5.74) is 5.53. The molecular weight excluding hydrogens is 324 g/mol. The monoisotopic (exact) mass is 342 g/mol. The maximum absolute atomic E-state index is 4.49. The van der Waals surface area contributed by atoms with Gasteiger partial charge >= 0.3 is 0 Å². The number of aryl methyl sites for hydroxylation is 4. The molecule has 0 spiro atoms. The largest absolute Gasteiger partial charge is 0.233 e. The van der Waals surface area contributed by atoms with Crippen LogP contribution in [0.25, 0.3) is 22.1 Å². The number of aromatic nitrogens is 4. The van der Waals surface area contributed by atoms with E-state index < -0.39 is 0 Å². The van der Waals surface area contributed by atoms with E-state index in [9.17, 15) is 0 Å². The van der Waals surface area contributed by atoms with Crippen LogP contribution in [0.2, 0.25) is 0 Å². The molecule has 4 aromatic rings. The van der Waals surface area contributed by atoms with E-state index in [2.05, 4.69) is 44.0 Å². The topological polar surface area (TPSA) is 76.3 Å². The Hall–Kier alpha value is -3.28. The van der Waals surface area contributed by atoms with Gasteiger partial charge in [0.25, 0.3) is 0 Å². The molecule has 0 aliphatic heterocycles. The van der Waals surface area contributed by atoms with Crippen LogP contribution in [0.3, 0.4) is 0 Å². The fourth-order valence-electron chi connectivity index (χ4n) is 3.06. The van der Waals surface area contributed by atoms with E-state index in [-0.39, 0.29) is 0 Å². The third kappa shape index (κ3) is 3.01. The van der Waals surface area contributed by atoms with E-state index in [1.54, 1.807) is 0 Å². The lowest BCUT2D eigenvalue weighted by Crippen LogP contribution is -1.90. The lowest BCUT2D eigenvalue weighted by Gasteiger charge is -2.04. The number of azo groups is 1. The second kappa shape index (κ2) is 6.22. The highest BCUT2D eigenvalue weighted by molar-refractivity contribution is 5.80. The van der Waals surface area contributed by atoms with Crippen molar-refractivity contribution in [3.8, 4) is 0 Å². The fraction of sp³-hybridized carbons (Fsp3) is 0.200. The predicted octanol–water partition coefficient (Wildman–Crippen LogP) is 5.22. The van der Waals surface area contributed by atoms with Crippen molar-refractivity contribution >= 4 is 33.7 Å². The number of rotatable bonds is 2. The first kappa shape index (κ1) is 16.2. The lowest BCUT2D eigenvalue weighted by molar-refractivity contribution is 1.10. The Morgan fingerprint density at radius 2 is 1.00 bits per heavy atom. The molecule has 0 fully saturated rings. The van der Waals surface area contributed by atoms with Crippen molar-refractivity contribution in [2.24, 2.45) is 10.2 Å². The van der Waals surface area contributed by atoms with Crippen LogP contribution in [0.15, 0.2) is 46.6 Å². The maximum atomic E-state index is 4.49. The molecule has 0 unspecified atom stereocenters. The van der Waals surface area contributed by atoms with Gasteiger partial charge in [0.1, 0.15) is 0 Å². The molecule has 4 aromatic heterocycles. The fourth-order valence-corrected chi connectivity index (χ4v) is 3.06. The van der Waals surface area contributed by atoms with Crippen LogP contribution in [0, 0.1) is 27.7 Å². The van der Waals surface area contributed by atoms with E-state index in [1.165, 1.54) is 0 Å². The van der Waals surface area contributed by atoms with E-state index in [1.807, 2.05) is 50.2 Å². The van der Waals surface area contributed by atoms with Gasteiger partial charge in [0.2, 0.25) is 0 Å². The minimum Gasteiger partial charge on any atom is -0.233 e. The number of hydrogen-bond donors (Lipinski definition) is 0. The Kier molecular flexibility index (Phi) is 3.88. The summed E-state index contributed by atoms with van der Waals surface area (Å²) >= 11 is 0. The van der Waals surface area contributed by atoms with E-state index in [0.29, 0.717) is 22.9 Å². The SMILES string of the molecule is Cc1cc(C)c2ccc(N=Nc3ccc4c(C)cc(C)nc4n3)nc2n1. The van der Waals surface area contributed by atoms with Crippen molar-refractivity contribution in [2.75, 3.05) is 0 Å². The molecule has 6 heteroatoms. The average molecular weight is 342 g/mol. The summed E-state index contributed by atoms with van der Waals surface area (Å²) in [6.45, 7) is 8.02. The van der Waals surface area contributed by atoms with Gasteiger partial charge in [-0.25, -0.2) is 19.9 Å². The molecule has 0 N–H and O–H groups in total. The van der Waals surface area contributed by atoms with Gasteiger partial charge in [-0.15, -0.1) is 10.2 Å². The van der Waals surface area contributed by atoms with Crippen LogP contribution in [0.1, 0.15) is 22.5 Å². The zero-order chi connectivity index (χ0) is 18.3. The summed E-state index contributed by atoms with van der Waals surface area (Å²) in [7, 11) is 0. The highest BCUT2D eigenvalue weighted by Gasteiger charge is 2.05. The highest BCUT2D eigenvalue weighted by atomic mass is 15.2. The predicted molar refractivity (Wildman–Crippen MR) is 102 cm³/mol. The molecule has 4 heterocycles. The quantitative estimate of drug-likeness (QED) is 0.468. The molecule has 0 saturated heterocycles. The normalized spacial score (nSPS) is 11.7. The maximum Gasteiger partial charge on any atom is 0.176 e. The van der Waals surface area contributed by atoms with Gasteiger partial charge in [0.05, 0.1) is 0 Å². The summed E-state index contributed by atoms with van der Waals surface area (Å²) < 4.78 is 0. The highest BCUT2D eigenvalue weighted by Crippen LogP contribution is 2.23. The average Bonchev–Trinajstić information content (AvgIpc) is 2.59. The number of pyridine rings is 4. The Balaban J connectivity index is 1.71. The van der Waals surface area contributed by atoms with Gasteiger partial charge in [-0.2, -0.15) is 0 Å². The van der Waals surface area contributed by atoms with E-state index in [4.69, 9.17) is 0 Å². The second-order valence-electron chi connectivity index (χ2n) is 6.44. The van der Waals surface area contributed by atoms with Gasteiger partial charge in [-0.3, -0.25) is 0 Å². The third-order valence-corrected chi connectivity index (χ3v) is 4.24. The minimum absolute atomic E-state index is 0.505. The van der Waals surface area contributed by atoms with Gasteiger partial charge in [-0.1, -0.05) is 0 Å². The second-order valence-corrected chi connectivity index (χ2v) is 6.44. The Morgan fingerprint density at radius 3 is 1.42 bits per heavy atom. The standard InChI is InChI=1S/C20H18N6/c1-11-9-13(3)21-19-15(11)5-7-17(23-19)25-26-18-8-6-16-12(2)10-14(4)22-20(16)24-18/h5-10H,1-4H3. The molecule has 0 radical (unpaired) electrons. The van der Waals surface area contributed by atoms with Gasteiger partial charge in [-0.05, 0) is 75.2 Å². The third-order valence-electron chi connectivity index (χ3n) is 4.24. The molecule has 26 heavy (non-hydrogen) atoms. The van der Waals surface area contributed by atoms with Crippen molar-refractivity contribution in [3.63, 3.8) is 0 Å². The summed E-state index contributed by atoms with van der Waals surface area (Å²) in [5, 5.41) is 10.5. The van der Waals surface area contributed by atoms with Crippen LogP contribution < -0.4 is 0 Å². The molecule has 0 amide bonds. The van der Waals surface area contributed by atoms with Gasteiger partial charge in [0.15, 0.2) is 22.9 Å². The molecule has 0 aliphatic rings. The van der Waals surface area contributed by atoms with E-state index >= 15 is 0 Å². The molecule has 6 nitrogen and oxygen atoms in total. The number of fused-ring (bicyclic) bond motifs is 2. The molecule has 4 rings (SSSR count). The molecule has 0 aromatic carbocycles. The molecule has 128 valence electrons. The summed E-state index contributed by atoms with van der Waals surface area (Å²) in [4.78, 5) is 17.9. The Morgan fingerprint density at radius 1 is 0.577 bits per heavy atom. The van der Waals surface area contributed by atoms with Crippen molar-refractivity contribution < 1.29 is 0 Å². The summed E-state index contributed by atoms with van der Waals surface area (Å²) in [6.07, 6.45) is 0. The molecule has 0 bridgehead atoms. The van der Waals surface area contributed by atoms with Crippen LogP contribution in [0.4, 0.5) is 11.6 Å². The zero-order valence-electron chi connectivity index (χ0n) is 15.1. The van der Waals surface area contributed by atoms with Crippen molar-refractivity contribution in [1.29, 1.82) is 0 Å². The first-order valence-corrected chi connectivity index (χ1v) is 8.41. The summed E-state index contributed by atoms with van der Waals surface area (Å²) in [5.74, 6) is 1.01. The zero-order valence-corrected chi connectivity index (χ0v) is 15.1. The van der Waals surface area contributed by atoms with Gasteiger partial charge in [0, 0.05) is 22.2 Å². The molecule has 0 aliphatic carbocycles. The van der Waals surface area contributed by atoms with Crippen LogP contribution in [-0.4, -0.2) is 19.9 Å². The Labute approximate surface area is 151 Å².